The van der Waals surface area contributed by atoms with Crippen LogP contribution in [-0.2, 0) is 32.9 Å². The van der Waals surface area contributed by atoms with Crippen LogP contribution in [0, 0.1) is 0 Å². The molecule has 3 amide bonds. The molecule has 2 aliphatic rings. The van der Waals surface area contributed by atoms with E-state index in [2.05, 4.69) is 5.32 Å². The number of nitrogens with one attached hydrogen (secondary N) is 1. The lowest BCUT2D eigenvalue weighted by Gasteiger charge is -2.22. The van der Waals surface area contributed by atoms with Gasteiger partial charge in [-0.05, 0) is 36.1 Å². The lowest BCUT2D eigenvalue weighted by atomic mass is 9.92. The van der Waals surface area contributed by atoms with E-state index < -0.39 is 35.6 Å². The molecule has 168 valence electrons. The second-order valence-electron chi connectivity index (χ2n) is 8.00. The Morgan fingerprint density at radius 2 is 1.97 bits per heavy atom. The van der Waals surface area contributed by atoms with Crippen LogP contribution < -0.4 is 15.7 Å². The summed E-state index contributed by atoms with van der Waals surface area (Å²) in [5, 5.41) is 3.35. The monoisotopic (exact) mass is 448 g/mol. The Morgan fingerprint density at radius 1 is 1.15 bits per heavy atom. The van der Waals surface area contributed by atoms with Gasteiger partial charge in [0.05, 0.1) is 7.11 Å². The van der Waals surface area contributed by atoms with Gasteiger partial charge in [0.25, 0.3) is 5.91 Å². The second-order valence-corrected chi connectivity index (χ2v) is 8.00. The molecule has 1 unspecified atom stereocenters. The van der Waals surface area contributed by atoms with E-state index in [9.17, 15) is 19.2 Å². The second kappa shape index (κ2) is 7.77. The van der Waals surface area contributed by atoms with Crippen molar-refractivity contribution in [3.63, 3.8) is 0 Å². The van der Waals surface area contributed by atoms with Crippen LogP contribution in [0.1, 0.15) is 23.1 Å². The molecular formula is C24H20N2O7. The maximum atomic E-state index is 13.2. The quantitative estimate of drug-likeness (QED) is 0.362. The number of hydrogen-bond donors (Lipinski definition) is 1. The molecule has 1 N–H and O–H groups in total. The Labute approximate surface area is 187 Å². The van der Waals surface area contributed by atoms with E-state index >= 15 is 0 Å². The Morgan fingerprint density at radius 3 is 2.79 bits per heavy atom. The predicted molar refractivity (Wildman–Crippen MR) is 116 cm³/mol. The fourth-order valence-electron chi connectivity index (χ4n) is 4.52. The minimum absolute atomic E-state index is 0.217. The van der Waals surface area contributed by atoms with Gasteiger partial charge < -0.3 is 19.2 Å². The number of carbonyl (C=O) groups is 3. The normalized spacial score (nSPS) is 19.1. The molecule has 3 aromatic rings. The minimum atomic E-state index is -1.14. The molecule has 9 heteroatoms. The van der Waals surface area contributed by atoms with Gasteiger partial charge >= 0.3 is 17.6 Å². The average Bonchev–Trinajstić information content (AvgIpc) is 3.30. The maximum absolute atomic E-state index is 13.2. The molecule has 1 atom stereocenters. The van der Waals surface area contributed by atoms with Crippen molar-refractivity contribution in [2.45, 2.75) is 25.0 Å². The SMILES string of the molecule is COc1ccc2c(COC(=O)CN3C(=O)NC4(CCc5ccccc54)C3=O)cc(=O)oc2c1. The van der Waals surface area contributed by atoms with E-state index in [0.29, 0.717) is 35.1 Å². The highest BCUT2D eigenvalue weighted by Gasteiger charge is 2.55. The van der Waals surface area contributed by atoms with E-state index in [4.69, 9.17) is 13.9 Å². The highest BCUT2D eigenvalue weighted by Crippen LogP contribution is 2.41. The lowest BCUT2D eigenvalue weighted by Crippen LogP contribution is -2.42. The van der Waals surface area contributed by atoms with Crippen LogP contribution in [-0.4, -0.2) is 36.5 Å². The Balaban J connectivity index is 1.31. The summed E-state index contributed by atoms with van der Waals surface area (Å²) in [6.07, 6.45) is 1.10. The summed E-state index contributed by atoms with van der Waals surface area (Å²) in [4.78, 5) is 51.0. The van der Waals surface area contributed by atoms with Gasteiger partial charge in [0, 0.05) is 23.1 Å². The van der Waals surface area contributed by atoms with Crippen molar-refractivity contribution in [2.24, 2.45) is 0 Å². The van der Waals surface area contributed by atoms with Crippen LogP contribution in [0.2, 0.25) is 0 Å². The molecule has 5 rings (SSSR count). The largest absolute Gasteiger partial charge is 0.497 e. The minimum Gasteiger partial charge on any atom is -0.497 e. The first-order valence-corrected chi connectivity index (χ1v) is 10.4. The summed E-state index contributed by atoms with van der Waals surface area (Å²) in [6.45, 7) is -0.743. The van der Waals surface area contributed by atoms with E-state index in [0.717, 1.165) is 16.0 Å². The van der Waals surface area contributed by atoms with Crippen LogP contribution in [0.5, 0.6) is 5.75 Å². The molecule has 1 saturated heterocycles. The van der Waals surface area contributed by atoms with Crippen molar-refractivity contribution in [3.8, 4) is 5.75 Å². The molecule has 2 aromatic carbocycles. The number of methoxy groups -OCH3 is 1. The molecule has 1 aliphatic carbocycles. The molecule has 33 heavy (non-hydrogen) atoms. The highest BCUT2D eigenvalue weighted by molar-refractivity contribution is 6.09. The van der Waals surface area contributed by atoms with Crippen LogP contribution in [0.4, 0.5) is 4.79 Å². The molecular weight excluding hydrogens is 428 g/mol. The molecule has 1 aromatic heterocycles. The molecule has 1 spiro atoms. The number of aryl methyl sites for hydroxylation is 1. The van der Waals surface area contributed by atoms with E-state index in [-0.39, 0.29) is 6.61 Å². The third-order valence-electron chi connectivity index (χ3n) is 6.14. The van der Waals surface area contributed by atoms with Gasteiger partial charge in [0.1, 0.15) is 30.0 Å². The zero-order chi connectivity index (χ0) is 23.2. The highest BCUT2D eigenvalue weighted by atomic mass is 16.5. The molecule has 2 heterocycles. The number of hydrogen-bond acceptors (Lipinski definition) is 7. The van der Waals surface area contributed by atoms with E-state index in [1.165, 1.54) is 13.2 Å². The number of nitrogens with zero attached hydrogens (tertiary/aromatic N) is 1. The molecule has 1 aliphatic heterocycles. The standard InChI is InChI=1S/C24H20N2O7/c1-31-16-6-7-17-15(10-20(27)33-19(17)11-16)13-32-21(28)12-26-22(29)24(25-23(26)30)9-8-14-4-2-3-5-18(14)24/h2-7,10-11H,8-9,12-13H2,1H3,(H,25,30). The number of amides is 3. The van der Waals surface area contributed by atoms with E-state index in [1.54, 1.807) is 18.2 Å². The number of urea groups is 1. The fraction of sp³-hybridized carbons (Fsp3) is 0.250. The Kier molecular flexibility index (Phi) is 4.88. The van der Waals surface area contributed by atoms with Crippen molar-refractivity contribution < 1.29 is 28.3 Å². The first-order valence-electron chi connectivity index (χ1n) is 10.4. The molecule has 0 bridgehead atoms. The summed E-state index contributed by atoms with van der Waals surface area (Å²) >= 11 is 0. The fourth-order valence-corrected chi connectivity index (χ4v) is 4.52. The molecule has 0 radical (unpaired) electrons. The number of carbonyl (C=O) groups excluding carboxylic acids is 3. The van der Waals surface area contributed by atoms with Crippen molar-refractivity contribution in [1.29, 1.82) is 0 Å². The summed E-state index contributed by atoms with van der Waals surface area (Å²) in [7, 11) is 1.50. The van der Waals surface area contributed by atoms with Gasteiger partial charge in [-0.3, -0.25) is 14.5 Å². The van der Waals surface area contributed by atoms with Gasteiger partial charge in [-0.25, -0.2) is 9.59 Å². The van der Waals surface area contributed by atoms with Gasteiger partial charge in [0.15, 0.2) is 0 Å². The summed E-state index contributed by atoms with van der Waals surface area (Å²) in [5.74, 6) is -0.718. The van der Waals surface area contributed by atoms with Crippen LogP contribution in [0.25, 0.3) is 11.0 Å². The first-order chi connectivity index (χ1) is 15.9. The number of fused-ring (bicyclic) bond motifs is 3. The van der Waals surface area contributed by atoms with Crippen molar-refractivity contribution in [1.82, 2.24) is 10.2 Å². The number of imide groups is 1. The first kappa shape index (κ1) is 20.7. The average molecular weight is 448 g/mol. The van der Waals surface area contributed by atoms with Crippen molar-refractivity contribution in [3.05, 3.63) is 75.6 Å². The van der Waals surface area contributed by atoms with Crippen molar-refractivity contribution >= 4 is 28.9 Å². The van der Waals surface area contributed by atoms with E-state index in [1.807, 2.05) is 24.3 Å². The van der Waals surface area contributed by atoms with Gasteiger partial charge in [-0.15, -0.1) is 0 Å². The smallest absolute Gasteiger partial charge is 0.336 e. The lowest BCUT2D eigenvalue weighted by molar-refractivity contribution is -0.148. The van der Waals surface area contributed by atoms with Crippen LogP contribution >= 0.6 is 0 Å². The van der Waals surface area contributed by atoms with Crippen LogP contribution in [0.15, 0.2) is 57.7 Å². The number of rotatable bonds is 5. The third-order valence-corrected chi connectivity index (χ3v) is 6.14. The van der Waals surface area contributed by atoms with Crippen molar-refractivity contribution in [2.75, 3.05) is 13.7 Å². The predicted octanol–water partition coefficient (Wildman–Crippen LogP) is 2.24. The Bertz CT molecular complexity index is 1360. The maximum Gasteiger partial charge on any atom is 0.336 e. The molecule has 0 saturated carbocycles. The topological polar surface area (TPSA) is 115 Å². The number of ether oxygens (including phenoxy) is 2. The van der Waals surface area contributed by atoms with Crippen LogP contribution in [0.3, 0.4) is 0 Å². The summed E-state index contributed by atoms with van der Waals surface area (Å²) < 4.78 is 15.6. The van der Waals surface area contributed by atoms with Gasteiger partial charge in [-0.2, -0.15) is 0 Å². The van der Waals surface area contributed by atoms with Gasteiger partial charge in [0.2, 0.25) is 0 Å². The zero-order valence-corrected chi connectivity index (χ0v) is 17.8. The number of esters is 1. The Hall–Kier alpha value is -4.14. The molecule has 9 nitrogen and oxygen atoms in total. The molecule has 1 fully saturated rings. The van der Waals surface area contributed by atoms with Gasteiger partial charge in [-0.1, -0.05) is 24.3 Å². The summed E-state index contributed by atoms with van der Waals surface area (Å²) in [6, 6.07) is 13.0. The zero-order valence-electron chi connectivity index (χ0n) is 17.8. The third kappa shape index (κ3) is 3.42. The number of benzene rings is 2. The summed E-state index contributed by atoms with van der Waals surface area (Å²) in [5.41, 5.74) is 0.762.